The van der Waals surface area contributed by atoms with Gasteiger partial charge in [0.2, 0.25) is 0 Å². The van der Waals surface area contributed by atoms with Crippen LogP contribution in [-0.4, -0.2) is 16.2 Å². The van der Waals surface area contributed by atoms with Crippen LogP contribution >= 0.6 is 0 Å². The van der Waals surface area contributed by atoms with E-state index >= 15 is 0 Å². The first-order valence-electron chi connectivity index (χ1n) is 5.15. The lowest BCUT2D eigenvalue weighted by Gasteiger charge is -2.31. The van der Waals surface area contributed by atoms with Gasteiger partial charge in [-0.25, -0.2) is 0 Å². The summed E-state index contributed by atoms with van der Waals surface area (Å²) < 4.78 is 0. The van der Waals surface area contributed by atoms with E-state index in [1.54, 1.807) is 0 Å². The molecule has 0 aromatic heterocycles. The molecule has 0 aliphatic heterocycles. The minimum Gasteiger partial charge on any atom is -0.377 e. The van der Waals surface area contributed by atoms with Crippen molar-refractivity contribution in [1.29, 1.82) is 0 Å². The summed E-state index contributed by atoms with van der Waals surface area (Å²) in [5, 5.41) is 10.3. The maximum atomic E-state index is 10.3. The Hall–Kier alpha value is -0.520. The molecule has 0 saturated carbocycles. The van der Waals surface area contributed by atoms with Crippen LogP contribution in [0.25, 0.3) is 0 Å². The van der Waals surface area contributed by atoms with E-state index in [1.807, 2.05) is 41.5 Å². The van der Waals surface area contributed by atoms with E-state index in [0.29, 0.717) is 0 Å². The van der Waals surface area contributed by atoms with Crippen molar-refractivity contribution in [2.75, 3.05) is 0 Å². The van der Waals surface area contributed by atoms with Crippen molar-refractivity contribution < 1.29 is 5.11 Å². The summed E-state index contributed by atoms with van der Waals surface area (Å²) in [7, 11) is 0. The molecule has 0 aliphatic rings. The Morgan fingerprint density at radius 3 is 1.57 bits per heavy atom. The zero-order chi connectivity index (χ0) is 11.6. The van der Waals surface area contributed by atoms with Crippen LogP contribution in [0.1, 0.15) is 41.5 Å². The molecule has 0 amide bonds. The van der Waals surface area contributed by atoms with Crippen molar-refractivity contribution in [2.45, 2.75) is 52.7 Å². The third-order valence-electron chi connectivity index (χ3n) is 2.35. The lowest BCUT2D eigenvalue weighted by molar-refractivity contribution is 0.00911. The third kappa shape index (κ3) is 3.69. The standard InChI is InChI=1S/C12H23NO/c1-9(2)12(14,10(3)4)8-7-11(5,6)13/h9-10,14H,13H2,1-6H3. The number of hydrogen-bond donors (Lipinski definition) is 2. The minimum atomic E-state index is -0.934. The molecule has 3 N–H and O–H groups in total. The molecule has 0 bridgehead atoms. The van der Waals surface area contributed by atoms with Crippen molar-refractivity contribution in [3.05, 3.63) is 0 Å². The molecule has 0 aromatic carbocycles. The van der Waals surface area contributed by atoms with Gasteiger partial charge in [-0.15, -0.1) is 0 Å². The van der Waals surface area contributed by atoms with E-state index in [-0.39, 0.29) is 11.8 Å². The van der Waals surface area contributed by atoms with Crippen molar-refractivity contribution >= 4 is 0 Å². The van der Waals surface area contributed by atoms with Gasteiger partial charge in [0.25, 0.3) is 0 Å². The van der Waals surface area contributed by atoms with Gasteiger partial charge in [-0.1, -0.05) is 39.5 Å². The summed E-state index contributed by atoms with van der Waals surface area (Å²) in [6.45, 7) is 11.6. The summed E-state index contributed by atoms with van der Waals surface area (Å²) in [6.07, 6.45) is 0. The zero-order valence-corrected chi connectivity index (χ0v) is 10.2. The molecule has 0 radical (unpaired) electrons. The SMILES string of the molecule is CC(C)C(O)(C#CC(C)(C)N)C(C)C. The van der Waals surface area contributed by atoms with Crippen LogP contribution in [0.3, 0.4) is 0 Å². The van der Waals surface area contributed by atoms with Crippen molar-refractivity contribution in [3.63, 3.8) is 0 Å². The Bertz CT molecular complexity index is 229. The van der Waals surface area contributed by atoms with Gasteiger partial charge in [0.15, 0.2) is 0 Å². The number of nitrogens with two attached hydrogens (primary N) is 1. The fraction of sp³-hybridized carbons (Fsp3) is 0.833. The summed E-state index contributed by atoms with van der Waals surface area (Å²) in [5.74, 6) is 6.04. The summed E-state index contributed by atoms with van der Waals surface area (Å²) >= 11 is 0. The Labute approximate surface area is 87.9 Å². The molecular weight excluding hydrogens is 174 g/mol. The molecule has 2 nitrogen and oxygen atoms in total. The number of aliphatic hydroxyl groups is 1. The van der Waals surface area contributed by atoms with Gasteiger partial charge >= 0.3 is 0 Å². The van der Waals surface area contributed by atoms with Crippen LogP contribution in [0, 0.1) is 23.7 Å². The van der Waals surface area contributed by atoms with Crippen LogP contribution in [0.15, 0.2) is 0 Å². The smallest absolute Gasteiger partial charge is 0.130 e. The van der Waals surface area contributed by atoms with E-state index in [1.165, 1.54) is 0 Å². The number of hydrogen-bond acceptors (Lipinski definition) is 2. The zero-order valence-electron chi connectivity index (χ0n) is 10.2. The monoisotopic (exact) mass is 197 g/mol. The summed E-state index contributed by atoms with van der Waals surface area (Å²) in [4.78, 5) is 0. The molecule has 0 aliphatic carbocycles. The highest BCUT2D eigenvalue weighted by Gasteiger charge is 2.32. The van der Waals surface area contributed by atoms with Crippen molar-refractivity contribution in [1.82, 2.24) is 0 Å². The molecule has 0 saturated heterocycles. The number of rotatable bonds is 2. The lowest BCUT2D eigenvalue weighted by atomic mass is 9.80. The molecule has 0 rings (SSSR count). The molecule has 0 aromatic rings. The lowest BCUT2D eigenvalue weighted by Crippen LogP contribution is -2.40. The van der Waals surface area contributed by atoms with Crippen LogP contribution in [0.2, 0.25) is 0 Å². The van der Waals surface area contributed by atoms with Gasteiger partial charge in [0.1, 0.15) is 5.60 Å². The van der Waals surface area contributed by atoms with Gasteiger partial charge in [0.05, 0.1) is 5.54 Å². The van der Waals surface area contributed by atoms with Crippen LogP contribution in [0.4, 0.5) is 0 Å². The molecule has 0 fully saturated rings. The Morgan fingerprint density at radius 2 is 1.36 bits per heavy atom. The quantitative estimate of drug-likeness (QED) is 0.663. The Morgan fingerprint density at radius 1 is 1.00 bits per heavy atom. The Balaban J connectivity index is 4.95. The second kappa shape index (κ2) is 4.33. The van der Waals surface area contributed by atoms with Crippen LogP contribution < -0.4 is 5.73 Å². The van der Waals surface area contributed by atoms with Crippen molar-refractivity contribution in [2.24, 2.45) is 17.6 Å². The fourth-order valence-electron chi connectivity index (χ4n) is 1.22. The summed E-state index contributed by atoms with van der Waals surface area (Å²) in [6, 6.07) is 0. The van der Waals surface area contributed by atoms with E-state index in [2.05, 4.69) is 11.8 Å². The third-order valence-corrected chi connectivity index (χ3v) is 2.35. The highest BCUT2D eigenvalue weighted by molar-refractivity contribution is 5.22. The van der Waals surface area contributed by atoms with E-state index in [4.69, 9.17) is 5.73 Å². The molecular formula is C12H23NO. The van der Waals surface area contributed by atoms with Crippen LogP contribution in [-0.2, 0) is 0 Å². The van der Waals surface area contributed by atoms with Gasteiger partial charge in [0, 0.05) is 0 Å². The van der Waals surface area contributed by atoms with E-state index < -0.39 is 11.1 Å². The first kappa shape index (κ1) is 13.5. The predicted octanol–water partition coefficient (Wildman–Crippen LogP) is 1.77. The molecule has 14 heavy (non-hydrogen) atoms. The van der Waals surface area contributed by atoms with Crippen molar-refractivity contribution in [3.8, 4) is 11.8 Å². The summed E-state index contributed by atoms with van der Waals surface area (Å²) in [5.41, 5.74) is 4.28. The minimum absolute atomic E-state index is 0.109. The molecule has 0 atom stereocenters. The fourth-order valence-corrected chi connectivity index (χ4v) is 1.22. The highest BCUT2D eigenvalue weighted by atomic mass is 16.3. The maximum Gasteiger partial charge on any atom is 0.130 e. The van der Waals surface area contributed by atoms with Crippen LogP contribution in [0.5, 0.6) is 0 Å². The highest BCUT2D eigenvalue weighted by Crippen LogP contribution is 2.25. The maximum absolute atomic E-state index is 10.3. The topological polar surface area (TPSA) is 46.2 Å². The van der Waals surface area contributed by atoms with E-state index in [9.17, 15) is 5.11 Å². The molecule has 0 heterocycles. The molecule has 0 unspecified atom stereocenters. The average Bonchev–Trinajstić information content (AvgIpc) is 1.97. The second-order valence-corrected chi connectivity index (χ2v) is 5.11. The Kier molecular flexibility index (Phi) is 4.17. The van der Waals surface area contributed by atoms with E-state index in [0.717, 1.165) is 0 Å². The second-order valence-electron chi connectivity index (χ2n) is 5.11. The predicted molar refractivity (Wildman–Crippen MR) is 60.7 cm³/mol. The molecule has 0 spiro atoms. The molecule has 2 heteroatoms. The largest absolute Gasteiger partial charge is 0.377 e. The normalized spacial score (nSPS) is 13.0. The van der Waals surface area contributed by atoms with Gasteiger partial charge in [-0.2, -0.15) is 0 Å². The first-order chi connectivity index (χ1) is 6.09. The van der Waals surface area contributed by atoms with Gasteiger partial charge in [-0.3, -0.25) is 0 Å². The molecule has 82 valence electrons. The first-order valence-corrected chi connectivity index (χ1v) is 5.15. The van der Waals surface area contributed by atoms with Gasteiger partial charge < -0.3 is 10.8 Å². The van der Waals surface area contributed by atoms with Gasteiger partial charge in [-0.05, 0) is 25.7 Å². The average molecular weight is 197 g/mol.